The van der Waals surface area contributed by atoms with E-state index >= 15 is 0 Å². The van der Waals surface area contributed by atoms with Gasteiger partial charge in [-0.2, -0.15) is 24.4 Å². The molecule has 1 amide bonds. The molecule has 5 heteroatoms. The molecule has 0 radical (unpaired) electrons. The Morgan fingerprint density at radius 3 is 2.67 bits per heavy atom. The highest BCUT2D eigenvalue weighted by molar-refractivity contribution is 7.98. The second-order valence-corrected chi connectivity index (χ2v) is 6.46. The molecule has 0 aliphatic rings. The summed E-state index contributed by atoms with van der Waals surface area (Å²) in [4.78, 5) is 11.8. The van der Waals surface area contributed by atoms with Gasteiger partial charge in [0.05, 0.1) is 12.6 Å². The van der Waals surface area contributed by atoms with Gasteiger partial charge < -0.3 is 10.4 Å². The van der Waals surface area contributed by atoms with E-state index in [0.29, 0.717) is 6.42 Å². The van der Waals surface area contributed by atoms with Crippen LogP contribution in [-0.2, 0) is 10.5 Å². The molecule has 1 unspecified atom stereocenters. The van der Waals surface area contributed by atoms with Gasteiger partial charge in [-0.1, -0.05) is 36.8 Å². The average Bonchev–Trinajstić information content (AvgIpc) is 2.51. The van der Waals surface area contributed by atoms with E-state index in [1.54, 1.807) is 11.8 Å². The summed E-state index contributed by atoms with van der Waals surface area (Å²) < 4.78 is 0. The lowest BCUT2D eigenvalue weighted by Gasteiger charge is -2.16. The fraction of sp³-hybridized carbons (Fsp3) is 0.562. The first-order chi connectivity index (χ1) is 10.3. The van der Waals surface area contributed by atoms with Crippen LogP contribution in [0.15, 0.2) is 30.3 Å². The third-order valence-electron chi connectivity index (χ3n) is 3.08. The summed E-state index contributed by atoms with van der Waals surface area (Å²) in [5.74, 6) is 2.54. The van der Waals surface area contributed by atoms with Gasteiger partial charge in [-0.3, -0.25) is 4.79 Å². The predicted molar refractivity (Wildman–Crippen MR) is 93.9 cm³/mol. The monoisotopic (exact) mass is 327 g/mol. The van der Waals surface area contributed by atoms with Gasteiger partial charge in [0.25, 0.3) is 0 Å². The molecule has 0 spiro atoms. The summed E-state index contributed by atoms with van der Waals surface area (Å²) in [5.41, 5.74) is 1.26. The molecule has 0 aliphatic carbocycles. The highest BCUT2D eigenvalue weighted by Gasteiger charge is 2.11. The summed E-state index contributed by atoms with van der Waals surface area (Å²) in [6, 6.07) is 10.1. The van der Waals surface area contributed by atoms with Crippen LogP contribution >= 0.6 is 24.4 Å². The van der Waals surface area contributed by atoms with Crippen LogP contribution in [-0.4, -0.2) is 35.2 Å². The van der Waals surface area contributed by atoms with Gasteiger partial charge in [-0.15, -0.1) is 0 Å². The van der Waals surface area contributed by atoms with Crippen LogP contribution in [0.25, 0.3) is 0 Å². The van der Waals surface area contributed by atoms with Gasteiger partial charge in [0.1, 0.15) is 0 Å². The second kappa shape index (κ2) is 12.0. The zero-order chi connectivity index (χ0) is 15.3. The Bertz CT molecular complexity index is 387. The van der Waals surface area contributed by atoms with E-state index in [9.17, 15) is 9.90 Å². The maximum absolute atomic E-state index is 11.8. The second-order valence-electron chi connectivity index (χ2n) is 4.98. The first-order valence-corrected chi connectivity index (χ1v) is 9.17. The van der Waals surface area contributed by atoms with E-state index in [0.717, 1.165) is 36.5 Å². The Kier molecular flexibility index (Phi) is 10.5. The van der Waals surface area contributed by atoms with Crippen molar-refractivity contribution in [1.29, 1.82) is 0 Å². The van der Waals surface area contributed by atoms with E-state index in [2.05, 4.69) is 30.1 Å². The Morgan fingerprint density at radius 2 is 2.00 bits per heavy atom. The van der Waals surface area contributed by atoms with Crippen molar-refractivity contribution < 1.29 is 9.90 Å². The lowest BCUT2D eigenvalue weighted by Crippen LogP contribution is -2.39. The largest absolute Gasteiger partial charge is 0.394 e. The first kappa shape index (κ1) is 18.4. The molecule has 1 aromatic carbocycles. The third-order valence-corrected chi connectivity index (χ3v) is 4.57. The standard InChI is InChI=1S/C16H25NO2S2/c18-11-15(17-16(19)9-5-2-6-10-20)13-21-12-14-7-3-1-4-8-14/h1,3-4,7-8,15,18,20H,2,5-6,9-13H2,(H,17,19). The van der Waals surface area contributed by atoms with Crippen molar-refractivity contribution in [3.63, 3.8) is 0 Å². The van der Waals surface area contributed by atoms with Crippen molar-refractivity contribution >= 4 is 30.3 Å². The number of unbranched alkanes of at least 4 members (excludes halogenated alkanes) is 2. The number of hydrogen-bond donors (Lipinski definition) is 3. The molecule has 0 fully saturated rings. The summed E-state index contributed by atoms with van der Waals surface area (Å²) in [6.45, 7) is -0.00975. The van der Waals surface area contributed by atoms with E-state index in [1.165, 1.54) is 5.56 Å². The predicted octanol–water partition coefficient (Wildman–Crippen LogP) is 2.89. The van der Waals surface area contributed by atoms with E-state index in [4.69, 9.17) is 0 Å². The smallest absolute Gasteiger partial charge is 0.220 e. The first-order valence-electron chi connectivity index (χ1n) is 7.39. The lowest BCUT2D eigenvalue weighted by molar-refractivity contribution is -0.122. The number of aliphatic hydroxyl groups excluding tert-OH is 1. The Labute approximate surface area is 137 Å². The minimum Gasteiger partial charge on any atom is -0.394 e. The summed E-state index contributed by atoms with van der Waals surface area (Å²) >= 11 is 5.88. The molecule has 1 aromatic rings. The Balaban J connectivity index is 2.17. The SMILES string of the molecule is O=C(CCCCCS)NC(CO)CSCc1ccccc1. The minimum atomic E-state index is -0.156. The lowest BCUT2D eigenvalue weighted by atomic mass is 10.2. The molecular formula is C16H25NO2S2. The number of nitrogens with one attached hydrogen (secondary N) is 1. The van der Waals surface area contributed by atoms with Crippen LogP contribution in [0.3, 0.4) is 0 Å². The zero-order valence-electron chi connectivity index (χ0n) is 12.3. The van der Waals surface area contributed by atoms with E-state index in [1.807, 2.05) is 18.2 Å². The molecule has 118 valence electrons. The molecule has 1 rings (SSSR count). The zero-order valence-corrected chi connectivity index (χ0v) is 14.0. The van der Waals surface area contributed by atoms with Crippen molar-refractivity contribution in [2.75, 3.05) is 18.1 Å². The van der Waals surface area contributed by atoms with E-state index in [-0.39, 0.29) is 18.6 Å². The third kappa shape index (κ3) is 9.06. The molecule has 0 aliphatic heterocycles. The van der Waals surface area contributed by atoms with Crippen LogP contribution in [0.1, 0.15) is 31.2 Å². The van der Waals surface area contributed by atoms with Crippen LogP contribution in [0, 0.1) is 0 Å². The van der Waals surface area contributed by atoms with Crippen LogP contribution < -0.4 is 5.32 Å². The molecule has 0 saturated carbocycles. The highest BCUT2D eigenvalue weighted by Crippen LogP contribution is 2.13. The molecule has 21 heavy (non-hydrogen) atoms. The minimum absolute atomic E-state index is 0.00975. The summed E-state index contributed by atoms with van der Waals surface area (Å²) in [5, 5.41) is 12.2. The van der Waals surface area contributed by atoms with Crippen molar-refractivity contribution in [3.8, 4) is 0 Å². The van der Waals surface area contributed by atoms with Gasteiger partial charge >= 0.3 is 0 Å². The number of benzene rings is 1. The normalized spacial score (nSPS) is 12.1. The van der Waals surface area contributed by atoms with Crippen molar-refractivity contribution in [2.45, 2.75) is 37.5 Å². The highest BCUT2D eigenvalue weighted by atomic mass is 32.2. The summed E-state index contributed by atoms with van der Waals surface area (Å²) in [7, 11) is 0. The molecule has 0 bridgehead atoms. The molecule has 0 saturated heterocycles. The van der Waals surface area contributed by atoms with Gasteiger partial charge in [0.2, 0.25) is 5.91 Å². The van der Waals surface area contributed by atoms with Crippen molar-refractivity contribution in [1.82, 2.24) is 5.32 Å². The Morgan fingerprint density at radius 1 is 1.24 bits per heavy atom. The fourth-order valence-corrected chi connectivity index (χ4v) is 3.15. The average molecular weight is 328 g/mol. The van der Waals surface area contributed by atoms with Crippen LogP contribution in [0.5, 0.6) is 0 Å². The van der Waals surface area contributed by atoms with Crippen molar-refractivity contribution in [2.24, 2.45) is 0 Å². The molecule has 1 atom stereocenters. The topological polar surface area (TPSA) is 49.3 Å². The number of aliphatic hydroxyl groups is 1. The van der Waals surface area contributed by atoms with Crippen LogP contribution in [0.2, 0.25) is 0 Å². The molecule has 0 heterocycles. The molecule has 3 nitrogen and oxygen atoms in total. The maximum Gasteiger partial charge on any atom is 0.220 e. The Hall–Kier alpha value is -0.650. The number of amides is 1. The maximum atomic E-state index is 11.8. The molecular weight excluding hydrogens is 302 g/mol. The van der Waals surface area contributed by atoms with Crippen molar-refractivity contribution in [3.05, 3.63) is 35.9 Å². The number of carbonyl (C=O) groups excluding carboxylic acids is 1. The number of thiol groups is 1. The summed E-state index contributed by atoms with van der Waals surface area (Å²) in [6.07, 6.45) is 3.51. The molecule has 0 aromatic heterocycles. The number of hydrogen-bond acceptors (Lipinski definition) is 4. The quantitative estimate of drug-likeness (QED) is 0.433. The number of carbonyl (C=O) groups is 1. The van der Waals surface area contributed by atoms with E-state index < -0.39 is 0 Å². The number of thioether (sulfide) groups is 1. The van der Waals surface area contributed by atoms with Gasteiger partial charge in [0.15, 0.2) is 0 Å². The van der Waals surface area contributed by atoms with Gasteiger partial charge in [-0.05, 0) is 24.2 Å². The van der Waals surface area contributed by atoms with Gasteiger partial charge in [0, 0.05) is 17.9 Å². The van der Waals surface area contributed by atoms with Gasteiger partial charge in [-0.25, -0.2) is 0 Å². The molecule has 2 N–H and O–H groups in total. The number of rotatable bonds is 11. The fourth-order valence-electron chi connectivity index (χ4n) is 1.91. The van der Waals surface area contributed by atoms with Crippen LogP contribution in [0.4, 0.5) is 0 Å².